The lowest BCUT2D eigenvalue weighted by atomic mass is 10.1. The first-order chi connectivity index (χ1) is 7.06. The molecule has 0 bridgehead atoms. The molecule has 0 saturated heterocycles. The van der Waals surface area contributed by atoms with Crippen LogP contribution in [-0.2, 0) is 11.3 Å². The molecule has 0 aliphatic rings. The maximum absolute atomic E-state index is 10.7. The molecule has 0 aliphatic heterocycles. The van der Waals surface area contributed by atoms with Gasteiger partial charge in [0.2, 0.25) is 0 Å². The molecule has 0 aliphatic carbocycles. The van der Waals surface area contributed by atoms with Gasteiger partial charge in [-0.25, -0.2) is 4.79 Å². The Morgan fingerprint density at radius 2 is 2.07 bits per heavy atom. The summed E-state index contributed by atoms with van der Waals surface area (Å²) in [6.45, 7) is 2.49. The highest BCUT2D eigenvalue weighted by molar-refractivity contribution is 5.92. The topological polar surface area (TPSA) is 87.0 Å². The number of carboxylic acid groups (broad SMARTS) is 1. The first-order valence-electron chi connectivity index (χ1n) is 4.42. The Morgan fingerprint density at radius 1 is 1.40 bits per heavy atom. The van der Waals surface area contributed by atoms with Crippen molar-refractivity contribution in [2.24, 2.45) is 0 Å². The molecule has 0 amide bonds. The van der Waals surface area contributed by atoms with Crippen molar-refractivity contribution in [3.8, 4) is 11.5 Å². The van der Waals surface area contributed by atoms with Crippen LogP contribution < -0.4 is 0 Å². The number of hydrogen-bond donors (Lipinski definition) is 3. The average molecular weight is 212 g/mol. The lowest BCUT2D eigenvalue weighted by Crippen LogP contribution is -2.00. The fourth-order valence-electron chi connectivity index (χ4n) is 1.14. The summed E-state index contributed by atoms with van der Waals surface area (Å²) in [4.78, 5) is 10.7. The summed E-state index contributed by atoms with van der Waals surface area (Å²) in [5.74, 6) is -2.37. The molecule has 0 atom stereocenters. The Morgan fingerprint density at radius 3 is 2.60 bits per heavy atom. The van der Waals surface area contributed by atoms with E-state index in [4.69, 9.17) is 9.84 Å². The Kier molecular flexibility index (Phi) is 3.51. The monoisotopic (exact) mass is 212 g/mol. The second-order valence-corrected chi connectivity index (χ2v) is 2.95. The second kappa shape index (κ2) is 4.65. The van der Waals surface area contributed by atoms with Crippen molar-refractivity contribution in [1.82, 2.24) is 0 Å². The van der Waals surface area contributed by atoms with E-state index >= 15 is 0 Å². The fraction of sp³-hybridized carbons (Fsp3) is 0.300. The highest BCUT2D eigenvalue weighted by atomic mass is 16.5. The van der Waals surface area contributed by atoms with Gasteiger partial charge in [0.1, 0.15) is 5.56 Å². The van der Waals surface area contributed by atoms with Gasteiger partial charge in [-0.3, -0.25) is 0 Å². The molecular formula is C10H12O5. The van der Waals surface area contributed by atoms with Crippen LogP contribution in [0.1, 0.15) is 22.8 Å². The van der Waals surface area contributed by atoms with E-state index in [1.807, 2.05) is 0 Å². The number of aromatic hydroxyl groups is 2. The molecule has 3 N–H and O–H groups in total. The lowest BCUT2D eigenvalue weighted by molar-refractivity contribution is 0.0692. The third-order valence-electron chi connectivity index (χ3n) is 1.85. The number of ether oxygens (including phenoxy) is 1. The van der Waals surface area contributed by atoms with Crippen LogP contribution >= 0.6 is 0 Å². The Bertz CT molecular complexity index is 372. The molecular weight excluding hydrogens is 200 g/mol. The van der Waals surface area contributed by atoms with Gasteiger partial charge in [-0.05, 0) is 24.6 Å². The largest absolute Gasteiger partial charge is 0.504 e. The number of phenolic OH excluding ortho intramolecular Hbond substituents is 1. The van der Waals surface area contributed by atoms with E-state index in [2.05, 4.69) is 0 Å². The van der Waals surface area contributed by atoms with Crippen molar-refractivity contribution in [2.75, 3.05) is 6.61 Å². The molecule has 0 radical (unpaired) electrons. The molecule has 82 valence electrons. The summed E-state index contributed by atoms with van der Waals surface area (Å²) in [6.07, 6.45) is 0. The van der Waals surface area contributed by atoms with Gasteiger partial charge in [-0.2, -0.15) is 0 Å². The standard InChI is InChI=1S/C10H12O5/c1-2-15-5-6-3-7(10(13)14)9(12)8(11)4-6/h3-4,11-12H,2,5H2,1H3,(H,13,14). The normalized spacial score (nSPS) is 10.2. The van der Waals surface area contributed by atoms with Crippen molar-refractivity contribution in [2.45, 2.75) is 13.5 Å². The first-order valence-corrected chi connectivity index (χ1v) is 4.42. The summed E-state index contributed by atoms with van der Waals surface area (Å²) in [7, 11) is 0. The molecule has 1 rings (SSSR count). The number of hydrogen-bond acceptors (Lipinski definition) is 4. The predicted octanol–water partition coefficient (Wildman–Crippen LogP) is 1.33. The molecule has 0 fully saturated rings. The zero-order valence-corrected chi connectivity index (χ0v) is 8.23. The van der Waals surface area contributed by atoms with Gasteiger partial charge in [-0.15, -0.1) is 0 Å². The summed E-state index contributed by atoms with van der Waals surface area (Å²) in [6, 6.07) is 2.55. The van der Waals surface area contributed by atoms with Crippen LogP contribution in [0.2, 0.25) is 0 Å². The summed E-state index contributed by atoms with van der Waals surface area (Å²) >= 11 is 0. The third kappa shape index (κ3) is 2.60. The van der Waals surface area contributed by atoms with Gasteiger partial charge in [0, 0.05) is 6.61 Å². The smallest absolute Gasteiger partial charge is 0.339 e. The van der Waals surface area contributed by atoms with E-state index in [9.17, 15) is 15.0 Å². The van der Waals surface area contributed by atoms with Crippen LogP contribution in [0.4, 0.5) is 0 Å². The van der Waals surface area contributed by atoms with Gasteiger partial charge >= 0.3 is 5.97 Å². The van der Waals surface area contributed by atoms with Gasteiger partial charge in [-0.1, -0.05) is 0 Å². The van der Waals surface area contributed by atoms with Gasteiger partial charge in [0.15, 0.2) is 11.5 Å². The van der Waals surface area contributed by atoms with E-state index in [1.54, 1.807) is 6.92 Å². The SMILES string of the molecule is CCOCc1cc(O)c(O)c(C(=O)O)c1. The van der Waals surface area contributed by atoms with Gasteiger partial charge < -0.3 is 20.1 Å². The minimum atomic E-state index is -1.29. The van der Waals surface area contributed by atoms with E-state index in [1.165, 1.54) is 12.1 Å². The summed E-state index contributed by atoms with van der Waals surface area (Å²) in [5, 5.41) is 27.2. The number of carboxylic acids is 1. The summed E-state index contributed by atoms with van der Waals surface area (Å²) in [5.41, 5.74) is 0.175. The van der Waals surface area contributed by atoms with Gasteiger partial charge in [0.05, 0.1) is 6.61 Å². The second-order valence-electron chi connectivity index (χ2n) is 2.95. The van der Waals surface area contributed by atoms with Crippen LogP contribution in [0, 0.1) is 0 Å². The molecule has 0 spiro atoms. The molecule has 5 heteroatoms. The van der Waals surface area contributed by atoms with Crippen LogP contribution in [0.15, 0.2) is 12.1 Å². The first kappa shape index (κ1) is 11.3. The minimum absolute atomic E-state index is 0.199. The van der Waals surface area contributed by atoms with Crippen LogP contribution in [0.3, 0.4) is 0 Å². The minimum Gasteiger partial charge on any atom is -0.504 e. The number of carbonyl (C=O) groups is 1. The third-order valence-corrected chi connectivity index (χ3v) is 1.85. The Hall–Kier alpha value is -1.75. The maximum Gasteiger partial charge on any atom is 0.339 e. The number of rotatable bonds is 4. The molecule has 0 unspecified atom stereocenters. The highest BCUT2D eigenvalue weighted by Crippen LogP contribution is 2.30. The Balaban J connectivity index is 3.06. The van der Waals surface area contributed by atoms with E-state index < -0.39 is 17.5 Å². The van der Waals surface area contributed by atoms with E-state index in [-0.39, 0.29) is 12.2 Å². The quantitative estimate of drug-likeness (QED) is 0.655. The van der Waals surface area contributed by atoms with E-state index in [0.717, 1.165) is 0 Å². The van der Waals surface area contributed by atoms with Crippen molar-refractivity contribution in [3.63, 3.8) is 0 Å². The van der Waals surface area contributed by atoms with Crippen molar-refractivity contribution < 1.29 is 24.9 Å². The number of benzene rings is 1. The molecule has 1 aromatic rings. The Labute approximate surface area is 86.5 Å². The van der Waals surface area contributed by atoms with Crippen molar-refractivity contribution >= 4 is 5.97 Å². The summed E-state index contributed by atoms with van der Waals surface area (Å²) < 4.78 is 5.06. The highest BCUT2D eigenvalue weighted by Gasteiger charge is 2.14. The molecule has 15 heavy (non-hydrogen) atoms. The number of phenols is 2. The maximum atomic E-state index is 10.7. The molecule has 0 aromatic heterocycles. The zero-order valence-electron chi connectivity index (χ0n) is 8.23. The predicted molar refractivity (Wildman–Crippen MR) is 52.1 cm³/mol. The van der Waals surface area contributed by atoms with Crippen molar-refractivity contribution in [1.29, 1.82) is 0 Å². The van der Waals surface area contributed by atoms with Crippen LogP contribution in [0.25, 0.3) is 0 Å². The molecule has 5 nitrogen and oxygen atoms in total. The van der Waals surface area contributed by atoms with Gasteiger partial charge in [0.25, 0.3) is 0 Å². The average Bonchev–Trinajstić information content (AvgIpc) is 2.19. The van der Waals surface area contributed by atoms with Crippen molar-refractivity contribution in [3.05, 3.63) is 23.3 Å². The van der Waals surface area contributed by atoms with Crippen LogP contribution in [-0.4, -0.2) is 27.9 Å². The van der Waals surface area contributed by atoms with E-state index in [0.29, 0.717) is 12.2 Å². The van der Waals surface area contributed by atoms with Crippen LogP contribution in [0.5, 0.6) is 11.5 Å². The lowest BCUT2D eigenvalue weighted by Gasteiger charge is -2.06. The molecule has 0 heterocycles. The fourth-order valence-corrected chi connectivity index (χ4v) is 1.14. The molecule has 0 saturated carbocycles. The number of aromatic carboxylic acids is 1. The zero-order chi connectivity index (χ0) is 11.4. The molecule has 1 aromatic carbocycles.